The van der Waals surface area contributed by atoms with Crippen molar-refractivity contribution in [3.63, 3.8) is 0 Å². The molecule has 4 amide bonds. The van der Waals surface area contributed by atoms with E-state index >= 15 is 4.39 Å². The average Bonchev–Trinajstić information content (AvgIpc) is 3.34. The number of hydrogen-bond donors (Lipinski definition) is 3. The van der Waals surface area contributed by atoms with Gasteiger partial charge in [0.1, 0.15) is 35.0 Å². The van der Waals surface area contributed by atoms with Crippen molar-refractivity contribution < 1.29 is 32.7 Å². The van der Waals surface area contributed by atoms with E-state index in [1.54, 1.807) is 57.0 Å². The number of halogens is 1. The molecule has 3 aromatic rings. The number of hydrogen-bond acceptors (Lipinski definition) is 7. The second kappa shape index (κ2) is 16.1. The summed E-state index contributed by atoms with van der Waals surface area (Å²) in [6, 6.07) is 8.74. The van der Waals surface area contributed by atoms with Gasteiger partial charge in [0.05, 0.1) is 18.4 Å². The number of carbonyl (C=O) groups is 4. The third-order valence-corrected chi connectivity index (χ3v) is 10.5. The molecule has 5 rings (SSSR count). The van der Waals surface area contributed by atoms with Crippen LogP contribution in [0.4, 0.5) is 10.1 Å². The second-order valence-electron chi connectivity index (χ2n) is 13.9. The van der Waals surface area contributed by atoms with Crippen molar-refractivity contribution in [3.8, 4) is 5.75 Å². The van der Waals surface area contributed by atoms with E-state index in [2.05, 4.69) is 20.9 Å². The largest absolute Gasteiger partial charge is 0.497 e. The summed E-state index contributed by atoms with van der Waals surface area (Å²) in [4.78, 5) is 58.0. The normalized spacial score (nSPS) is 18.4. The summed E-state index contributed by atoms with van der Waals surface area (Å²) < 4.78 is 26.8. The minimum Gasteiger partial charge on any atom is -0.497 e. The maximum Gasteiger partial charge on any atom is 0.256 e. The average molecular weight is 692 g/mol. The van der Waals surface area contributed by atoms with E-state index in [0.717, 1.165) is 51.6 Å². The number of rotatable bonds is 11. The first-order valence-corrected chi connectivity index (χ1v) is 17.7. The minimum absolute atomic E-state index is 0.0413. The molecule has 0 bridgehead atoms. The molecule has 1 aliphatic heterocycles. The molecule has 12 heteroatoms. The summed E-state index contributed by atoms with van der Waals surface area (Å²) >= 11 is 0. The number of furan rings is 1. The van der Waals surface area contributed by atoms with Crippen LogP contribution in [-0.2, 0) is 14.4 Å². The van der Waals surface area contributed by atoms with Crippen molar-refractivity contribution in [1.29, 1.82) is 0 Å². The summed E-state index contributed by atoms with van der Waals surface area (Å²) in [5.74, 6) is -2.28. The molecule has 11 nitrogen and oxygen atoms in total. The molecule has 50 heavy (non-hydrogen) atoms. The number of carbonyl (C=O) groups excluding carboxylic acids is 4. The summed E-state index contributed by atoms with van der Waals surface area (Å²) in [5, 5.41) is 9.23. The van der Waals surface area contributed by atoms with Crippen molar-refractivity contribution in [1.82, 2.24) is 20.4 Å². The van der Waals surface area contributed by atoms with Crippen LogP contribution < -0.4 is 20.7 Å². The predicted molar refractivity (Wildman–Crippen MR) is 190 cm³/mol. The number of piperazine rings is 1. The Morgan fingerprint density at radius 2 is 1.72 bits per heavy atom. The Labute approximate surface area is 293 Å². The summed E-state index contributed by atoms with van der Waals surface area (Å²) in [5.41, 5.74) is -0.127. The number of fused-ring (bicyclic) bond motifs is 1. The molecule has 1 saturated carbocycles. The van der Waals surface area contributed by atoms with E-state index in [4.69, 9.17) is 9.15 Å². The molecule has 0 unspecified atom stereocenters. The van der Waals surface area contributed by atoms with Crippen LogP contribution in [0.2, 0.25) is 0 Å². The summed E-state index contributed by atoms with van der Waals surface area (Å²) in [6.45, 7) is 7.76. The van der Waals surface area contributed by atoms with Gasteiger partial charge in [0, 0.05) is 50.0 Å². The highest BCUT2D eigenvalue weighted by Gasteiger charge is 2.43. The van der Waals surface area contributed by atoms with Gasteiger partial charge in [-0.2, -0.15) is 0 Å². The fourth-order valence-corrected chi connectivity index (χ4v) is 7.08. The zero-order valence-corrected chi connectivity index (χ0v) is 29.8. The third-order valence-electron chi connectivity index (χ3n) is 10.5. The molecule has 2 aliphatic rings. The zero-order chi connectivity index (χ0) is 36.0. The minimum atomic E-state index is -1.36. The Morgan fingerprint density at radius 1 is 1.02 bits per heavy atom. The smallest absolute Gasteiger partial charge is 0.256 e. The first-order chi connectivity index (χ1) is 23.9. The van der Waals surface area contributed by atoms with E-state index < -0.39 is 35.1 Å². The quantitative estimate of drug-likeness (QED) is 0.228. The van der Waals surface area contributed by atoms with Crippen LogP contribution >= 0.6 is 0 Å². The predicted octanol–water partition coefficient (Wildman–Crippen LogP) is 5.45. The van der Waals surface area contributed by atoms with Crippen molar-refractivity contribution >= 4 is 40.3 Å². The lowest BCUT2D eigenvalue weighted by atomic mass is 9.79. The standard InChI is InChI=1S/C38H50FN5O6/c1-6-33(45)41-34(36(47)44-19-17-43(4)18-20-44)24(2)25-13-16-31(30(39)21-25)40-37(48)38(3,26-11-9-7-8-10-12-26)42-35(46)29-23-50-32-22-27(49-5)14-15-28(29)32/h13-16,21-24,26,34H,6-12,17-20H2,1-5H3,(H,40,48)(H,41,45)(H,42,46)/t24-,34+,38+/m0/s1. The number of amides is 4. The Morgan fingerprint density at radius 3 is 2.36 bits per heavy atom. The van der Waals surface area contributed by atoms with Crippen LogP contribution in [0, 0.1) is 11.7 Å². The van der Waals surface area contributed by atoms with Crippen molar-refractivity contribution in [3.05, 3.63) is 59.6 Å². The molecular formula is C38H50FN5O6. The van der Waals surface area contributed by atoms with E-state index in [0.29, 0.717) is 35.4 Å². The Kier molecular flexibility index (Phi) is 11.8. The SMILES string of the molecule is CCC(=O)N[C@@H](C(=O)N1CCN(C)CC1)[C@@H](C)c1ccc(NC(=O)[C@](C)(NC(=O)c2coc3cc(OC)ccc23)C2CCCCCC2)c(F)c1. The highest BCUT2D eigenvalue weighted by Crippen LogP contribution is 2.35. The number of benzene rings is 2. The number of ether oxygens (including phenoxy) is 1. The van der Waals surface area contributed by atoms with Gasteiger partial charge in [-0.1, -0.05) is 45.6 Å². The summed E-state index contributed by atoms with van der Waals surface area (Å²) in [6.07, 6.45) is 6.97. The highest BCUT2D eigenvalue weighted by molar-refractivity contribution is 6.09. The van der Waals surface area contributed by atoms with Gasteiger partial charge in [-0.25, -0.2) is 4.39 Å². The zero-order valence-electron chi connectivity index (χ0n) is 29.8. The first kappa shape index (κ1) is 36.8. The molecule has 0 spiro atoms. The third kappa shape index (κ3) is 8.12. The van der Waals surface area contributed by atoms with E-state index in [9.17, 15) is 19.2 Å². The molecule has 3 atom stereocenters. The second-order valence-corrected chi connectivity index (χ2v) is 13.9. The maximum atomic E-state index is 15.9. The Bertz CT molecular complexity index is 1690. The number of nitrogens with zero attached hydrogens (tertiary/aromatic N) is 2. The van der Waals surface area contributed by atoms with Gasteiger partial charge in [-0.15, -0.1) is 0 Å². The number of anilines is 1. The molecular weight excluding hydrogens is 641 g/mol. The van der Waals surface area contributed by atoms with Gasteiger partial charge in [-0.05, 0) is 62.6 Å². The van der Waals surface area contributed by atoms with Crippen LogP contribution in [0.25, 0.3) is 11.0 Å². The lowest BCUT2D eigenvalue weighted by molar-refractivity contribution is -0.138. The van der Waals surface area contributed by atoms with Crippen molar-refractivity contribution in [2.24, 2.45) is 5.92 Å². The molecule has 2 fully saturated rings. The molecule has 2 aromatic carbocycles. The van der Waals surface area contributed by atoms with Crippen LogP contribution in [0.15, 0.2) is 47.1 Å². The van der Waals surface area contributed by atoms with Crippen LogP contribution in [0.3, 0.4) is 0 Å². The first-order valence-electron chi connectivity index (χ1n) is 17.7. The molecule has 0 radical (unpaired) electrons. The lowest BCUT2D eigenvalue weighted by Gasteiger charge is -2.37. The highest BCUT2D eigenvalue weighted by atomic mass is 19.1. The fourth-order valence-electron chi connectivity index (χ4n) is 7.08. The monoisotopic (exact) mass is 691 g/mol. The lowest BCUT2D eigenvalue weighted by Crippen LogP contribution is -2.59. The van der Waals surface area contributed by atoms with Gasteiger partial charge < -0.3 is 34.9 Å². The molecule has 3 N–H and O–H groups in total. The van der Waals surface area contributed by atoms with Crippen LogP contribution in [0.5, 0.6) is 5.75 Å². The molecule has 270 valence electrons. The van der Waals surface area contributed by atoms with E-state index in [1.165, 1.54) is 18.4 Å². The molecule has 1 aromatic heterocycles. The van der Waals surface area contributed by atoms with Gasteiger partial charge in [-0.3, -0.25) is 19.2 Å². The van der Waals surface area contributed by atoms with Gasteiger partial charge in [0.25, 0.3) is 5.91 Å². The fraction of sp³-hybridized carbons (Fsp3) is 0.526. The van der Waals surface area contributed by atoms with E-state index in [-0.39, 0.29) is 35.4 Å². The summed E-state index contributed by atoms with van der Waals surface area (Å²) in [7, 11) is 3.54. The van der Waals surface area contributed by atoms with E-state index in [1.807, 2.05) is 7.05 Å². The van der Waals surface area contributed by atoms with Crippen molar-refractivity contribution in [2.45, 2.75) is 83.2 Å². The topological polar surface area (TPSA) is 133 Å². The Balaban J connectivity index is 1.37. The number of likely N-dealkylation sites (N-methyl/N-ethyl adjacent to an activating group) is 1. The maximum absolute atomic E-state index is 15.9. The van der Waals surface area contributed by atoms with Crippen LogP contribution in [0.1, 0.15) is 87.6 Å². The number of methoxy groups -OCH3 is 1. The Hall–Kier alpha value is -4.45. The van der Waals surface area contributed by atoms with Gasteiger partial charge in [0.2, 0.25) is 17.7 Å². The van der Waals surface area contributed by atoms with Crippen molar-refractivity contribution in [2.75, 3.05) is 45.7 Å². The van der Waals surface area contributed by atoms with Crippen LogP contribution in [-0.4, -0.2) is 85.3 Å². The number of nitrogens with one attached hydrogen (secondary N) is 3. The molecule has 2 heterocycles. The molecule has 1 aliphatic carbocycles. The molecule has 1 saturated heterocycles. The van der Waals surface area contributed by atoms with Gasteiger partial charge in [0.15, 0.2) is 0 Å². The van der Waals surface area contributed by atoms with Gasteiger partial charge >= 0.3 is 0 Å².